The Morgan fingerprint density at radius 2 is 1.52 bits per heavy atom. The summed E-state index contributed by atoms with van der Waals surface area (Å²) in [5.41, 5.74) is -0.413. The van der Waals surface area contributed by atoms with Crippen LogP contribution in [0.2, 0.25) is 19.6 Å². The van der Waals surface area contributed by atoms with Crippen LogP contribution in [0.3, 0.4) is 0 Å². The van der Waals surface area contributed by atoms with Gasteiger partial charge in [0.05, 0.1) is 0 Å². The molecule has 0 saturated carbocycles. The van der Waals surface area contributed by atoms with Crippen LogP contribution < -0.4 is 0 Å². The second-order valence-electron chi connectivity index (χ2n) is 7.92. The second-order valence-corrected chi connectivity index (χ2v) is 12.3. The van der Waals surface area contributed by atoms with E-state index in [1.54, 1.807) is 40.4 Å². The number of ether oxygens (including phenoxy) is 1. The predicted octanol–water partition coefficient (Wildman–Crippen LogP) is 5.52. The summed E-state index contributed by atoms with van der Waals surface area (Å²) < 4.78 is 52.4. The Morgan fingerprint density at radius 3 is 1.84 bits per heavy atom. The molecule has 1 aromatic carbocycles. The molecular formula is C18H27F3O3Si. The van der Waals surface area contributed by atoms with Crippen LogP contribution in [0, 0.1) is 5.41 Å². The molecule has 0 saturated heterocycles. The molecule has 0 radical (unpaired) electrons. The van der Waals surface area contributed by atoms with Crippen LogP contribution in [0.4, 0.5) is 13.2 Å². The van der Waals surface area contributed by atoms with E-state index in [1.165, 1.54) is 31.2 Å². The Hall–Kier alpha value is -1.18. The highest BCUT2D eigenvalue weighted by Crippen LogP contribution is 2.45. The molecule has 0 aliphatic carbocycles. The van der Waals surface area contributed by atoms with Crippen molar-refractivity contribution in [3.05, 3.63) is 35.4 Å². The van der Waals surface area contributed by atoms with Crippen LogP contribution >= 0.6 is 0 Å². The third-order valence-corrected chi connectivity index (χ3v) is 4.28. The highest BCUT2D eigenvalue weighted by molar-refractivity contribution is 6.69. The fraction of sp³-hybridized carbons (Fsp3) is 0.611. The van der Waals surface area contributed by atoms with Crippen molar-refractivity contribution in [3.8, 4) is 0 Å². The lowest BCUT2D eigenvalue weighted by Gasteiger charge is -2.40. The zero-order chi connectivity index (χ0) is 19.7. The average molecular weight is 376 g/mol. The molecule has 3 nitrogen and oxygen atoms in total. The molecule has 1 atom stereocenters. The molecule has 0 amide bonds. The third kappa shape index (κ3) is 5.15. The molecule has 0 aliphatic heterocycles. The molecule has 0 fully saturated rings. The minimum Gasteiger partial charge on any atom is -0.380 e. The lowest BCUT2D eigenvalue weighted by molar-refractivity contribution is -0.365. The summed E-state index contributed by atoms with van der Waals surface area (Å²) in [6.07, 6.45) is -4.75. The maximum atomic E-state index is 13.9. The number of hydrogen-bond donors (Lipinski definition) is 0. The number of Topliss-reactive ketones (excluding diaryl/α,β-unsaturated/α-hetero) is 1. The predicted molar refractivity (Wildman–Crippen MR) is 94.0 cm³/mol. The average Bonchev–Trinajstić information content (AvgIpc) is 2.42. The van der Waals surface area contributed by atoms with Crippen LogP contribution in [-0.4, -0.2) is 26.9 Å². The molecule has 25 heavy (non-hydrogen) atoms. The van der Waals surface area contributed by atoms with Crippen molar-refractivity contribution in [2.45, 2.75) is 59.3 Å². The van der Waals surface area contributed by atoms with Crippen molar-refractivity contribution in [2.75, 3.05) is 6.61 Å². The quantitative estimate of drug-likeness (QED) is 0.373. The monoisotopic (exact) mass is 376 g/mol. The number of hydrogen-bond acceptors (Lipinski definition) is 3. The van der Waals surface area contributed by atoms with Crippen LogP contribution in [0.25, 0.3) is 0 Å². The topological polar surface area (TPSA) is 35.5 Å². The minimum atomic E-state index is -4.75. The number of carbonyl (C=O) groups is 1. The summed E-state index contributed by atoms with van der Waals surface area (Å²) in [5.74, 6) is -2.96. The van der Waals surface area contributed by atoms with Crippen molar-refractivity contribution >= 4 is 14.1 Å². The van der Waals surface area contributed by atoms with Crippen molar-refractivity contribution in [1.82, 2.24) is 0 Å². The SMILES string of the molecule is CCOC(O[Si](C)(C)C)(c1ccc(C(=O)C(C)(C)C)cc1)C(F)(F)F. The van der Waals surface area contributed by atoms with Gasteiger partial charge < -0.3 is 9.16 Å². The Kier molecular flexibility index (Phi) is 6.30. The number of carbonyl (C=O) groups excluding carboxylic acids is 1. The second kappa shape index (κ2) is 7.21. The number of rotatable bonds is 6. The minimum absolute atomic E-state index is 0.140. The Bertz CT molecular complexity index is 598. The van der Waals surface area contributed by atoms with Gasteiger partial charge in [-0.05, 0) is 26.6 Å². The van der Waals surface area contributed by atoms with Gasteiger partial charge in [0.15, 0.2) is 14.1 Å². The van der Waals surface area contributed by atoms with E-state index < -0.39 is 25.7 Å². The summed E-state index contributed by atoms with van der Waals surface area (Å²) in [4.78, 5) is 12.3. The van der Waals surface area contributed by atoms with E-state index in [4.69, 9.17) is 9.16 Å². The first-order valence-electron chi connectivity index (χ1n) is 8.20. The third-order valence-electron chi connectivity index (χ3n) is 3.38. The highest BCUT2D eigenvalue weighted by atomic mass is 28.4. The van der Waals surface area contributed by atoms with E-state index in [1.807, 2.05) is 0 Å². The summed E-state index contributed by atoms with van der Waals surface area (Å²) >= 11 is 0. The molecule has 142 valence electrons. The van der Waals surface area contributed by atoms with Gasteiger partial charge in [-0.3, -0.25) is 4.79 Å². The van der Waals surface area contributed by atoms with Gasteiger partial charge in [0.25, 0.3) is 5.79 Å². The van der Waals surface area contributed by atoms with E-state index >= 15 is 0 Å². The Morgan fingerprint density at radius 1 is 1.04 bits per heavy atom. The largest absolute Gasteiger partial charge is 0.447 e. The van der Waals surface area contributed by atoms with Gasteiger partial charge in [-0.2, -0.15) is 13.2 Å². The smallest absolute Gasteiger partial charge is 0.380 e. The summed E-state index contributed by atoms with van der Waals surface area (Å²) in [7, 11) is -2.60. The maximum absolute atomic E-state index is 13.9. The van der Waals surface area contributed by atoms with Gasteiger partial charge >= 0.3 is 6.18 Å². The van der Waals surface area contributed by atoms with Gasteiger partial charge in [0, 0.05) is 23.1 Å². The lowest BCUT2D eigenvalue weighted by Crippen LogP contribution is -2.52. The fourth-order valence-corrected chi connectivity index (χ4v) is 3.54. The number of benzene rings is 1. The summed E-state index contributed by atoms with van der Waals surface area (Å²) in [5, 5.41) is 0. The first-order valence-corrected chi connectivity index (χ1v) is 11.6. The van der Waals surface area contributed by atoms with E-state index in [9.17, 15) is 18.0 Å². The van der Waals surface area contributed by atoms with Crippen LogP contribution in [0.1, 0.15) is 43.6 Å². The van der Waals surface area contributed by atoms with E-state index in [-0.39, 0.29) is 18.0 Å². The molecule has 0 aliphatic rings. The van der Waals surface area contributed by atoms with Crippen LogP contribution in [-0.2, 0) is 14.9 Å². The number of alkyl halides is 3. The van der Waals surface area contributed by atoms with Gasteiger partial charge in [0.2, 0.25) is 0 Å². The van der Waals surface area contributed by atoms with E-state index in [0.717, 1.165) is 0 Å². The van der Waals surface area contributed by atoms with Gasteiger partial charge in [-0.15, -0.1) is 0 Å². The van der Waals surface area contributed by atoms with Crippen molar-refractivity contribution in [1.29, 1.82) is 0 Å². The van der Waals surface area contributed by atoms with E-state index in [0.29, 0.717) is 5.56 Å². The van der Waals surface area contributed by atoms with Gasteiger partial charge in [0.1, 0.15) is 0 Å². The number of ketones is 1. The lowest BCUT2D eigenvalue weighted by atomic mass is 9.86. The normalized spacial score (nSPS) is 15.8. The Labute approximate surface area is 148 Å². The molecule has 7 heteroatoms. The molecule has 1 aromatic rings. The van der Waals surface area contributed by atoms with Gasteiger partial charge in [-0.1, -0.05) is 45.0 Å². The molecule has 0 bridgehead atoms. The van der Waals surface area contributed by atoms with Crippen molar-refractivity contribution < 1.29 is 27.1 Å². The van der Waals surface area contributed by atoms with Crippen LogP contribution in [0.15, 0.2) is 24.3 Å². The highest BCUT2D eigenvalue weighted by Gasteiger charge is 2.60. The molecule has 0 aromatic heterocycles. The summed E-state index contributed by atoms with van der Waals surface area (Å²) in [6, 6.07) is 5.33. The standard InChI is InChI=1S/C18H27F3O3Si/c1-8-23-17(18(19,20)21,24-25(5,6)7)14-11-9-13(10-12-14)15(22)16(2,3)4/h9-12H,8H2,1-7H3. The zero-order valence-corrected chi connectivity index (χ0v) is 16.9. The maximum Gasteiger partial charge on any atom is 0.447 e. The summed E-state index contributed by atoms with van der Waals surface area (Å²) in [6.45, 7) is 11.6. The molecule has 0 spiro atoms. The molecule has 0 heterocycles. The van der Waals surface area contributed by atoms with Crippen molar-refractivity contribution in [3.63, 3.8) is 0 Å². The molecule has 1 unspecified atom stereocenters. The zero-order valence-electron chi connectivity index (χ0n) is 15.9. The van der Waals surface area contributed by atoms with E-state index in [2.05, 4.69) is 0 Å². The van der Waals surface area contributed by atoms with Gasteiger partial charge in [-0.25, -0.2) is 0 Å². The molecule has 1 rings (SSSR count). The first-order chi connectivity index (χ1) is 11.1. The molecular weight excluding hydrogens is 349 g/mol. The van der Waals surface area contributed by atoms with Crippen molar-refractivity contribution in [2.24, 2.45) is 5.41 Å². The Balaban J connectivity index is 3.43. The first kappa shape index (κ1) is 21.9. The van der Waals surface area contributed by atoms with Crippen LogP contribution in [0.5, 0.6) is 0 Å². The number of halogens is 3. The molecule has 0 N–H and O–H groups in total. The fourth-order valence-electron chi connectivity index (χ4n) is 2.38.